The van der Waals surface area contributed by atoms with Crippen molar-refractivity contribution in [2.75, 3.05) is 30.3 Å². The first-order valence-corrected chi connectivity index (χ1v) is 9.82. The molecule has 0 aromatic heterocycles. The van der Waals surface area contributed by atoms with Crippen LogP contribution in [0.2, 0.25) is 0 Å². The number of benzene rings is 1. The predicted octanol–water partition coefficient (Wildman–Crippen LogP) is 3.32. The summed E-state index contributed by atoms with van der Waals surface area (Å²) in [6, 6.07) is 6.30. The lowest BCUT2D eigenvalue weighted by Gasteiger charge is -2.41. The molecule has 150 valence electrons. The van der Waals surface area contributed by atoms with Gasteiger partial charge in [0.05, 0.1) is 17.8 Å². The zero-order valence-corrected chi connectivity index (χ0v) is 16.9. The van der Waals surface area contributed by atoms with Gasteiger partial charge in [0.25, 0.3) is 0 Å². The summed E-state index contributed by atoms with van der Waals surface area (Å²) in [6.07, 6.45) is 1.96. The Labute approximate surface area is 162 Å². The van der Waals surface area contributed by atoms with E-state index in [0.29, 0.717) is 17.6 Å². The molecular formula is C21H33N3O3. The van der Waals surface area contributed by atoms with E-state index in [4.69, 9.17) is 10.8 Å². The maximum absolute atomic E-state index is 11.6. The number of anilines is 2. The molecule has 1 heterocycles. The topological polar surface area (TPSA) is 86.9 Å². The average Bonchev–Trinajstić information content (AvgIpc) is 2.59. The van der Waals surface area contributed by atoms with Crippen molar-refractivity contribution in [3.8, 4) is 0 Å². The molecule has 1 amide bonds. The predicted molar refractivity (Wildman–Crippen MR) is 109 cm³/mol. The highest BCUT2D eigenvalue weighted by Gasteiger charge is 2.27. The number of carboxylic acids is 1. The molecule has 1 aliphatic rings. The molecule has 1 aromatic carbocycles. The molecule has 6 heteroatoms. The number of carbonyl (C=O) groups excluding carboxylic acids is 1. The minimum absolute atomic E-state index is 0.0730. The fraction of sp³-hybridized carbons (Fsp3) is 0.619. The minimum atomic E-state index is -0.802. The highest BCUT2D eigenvalue weighted by Crippen LogP contribution is 2.33. The Balaban J connectivity index is 2.21. The number of aliphatic carboxylic acids is 1. The fourth-order valence-corrected chi connectivity index (χ4v) is 3.85. The van der Waals surface area contributed by atoms with E-state index in [0.717, 1.165) is 43.7 Å². The number of nitrogens with two attached hydrogens (primary N) is 1. The van der Waals surface area contributed by atoms with Gasteiger partial charge in [-0.15, -0.1) is 0 Å². The van der Waals surface area contributed by atoms with Gasteiger partial charge in [0, 0.05) is 32.6 Å². The van der Waals surface area contributed by atoms with Crippen LogP contribution < -0.4 is 10.6 Å². The number of rotatable bonds is 7. The molecule has 1 saturated heterocycles. The maximum Gasteiger partial charge on any atom is 0.303 e. The van der Waals surface area contributed by atoms with E-state index in [1.807, 2.05) is 30.0 Å². The Morgan fingerprint density at radius 1 is 1.26 bits per heavy atom. The quantitative estimate of drug-likeness (QED) is 0.714. The van der Waals surface area contributed by atoms with Crippen LogP contribution in [0.5, 0.6) is 0 Å². The smallest absolute Gasteiger partial charge is 0.303 e. The molecule has 0 unspecified atom stereocenters. The molecule has 3 N–H and O–H groups in total. The largest absolute Gasteiger partial charge is 0.481 e. The third-order valence-electron chi connectivity index (χ3n) is 5.32. The number of carboxylic acid groups (broad SMARTS) is 1. The van der Waals surface area contributed by atoms with Gasteiger partial charge in [-0.1, -0.05) is 26.8 Å². The second-order valence-electron chi connectivity index (χ2n) is 8.10. The summed E-state index contributed by atoms with van der Waals surface area (Å²) in [5.41, 5.74) is 9.05. The van der Waals surface area contributed by atoms with Gasteiger partial charge in [-0.3, -0.25) is 9.59 Å². The molecule has 0 spiro atoms. The van der Waals surface area contributed by atoms with Crippen molar-refractivity contribution in [3.63, 3.8) is 0 Å². The third kappa shape index (κ3) is 5.62. The molecule has 2 rings (SSSR count). The maximum atomic E-state index is 11.6. The molecule has 0 bridgehead atoms. The molecule has 1 atom stereocenters. The first kappa shape index (κ1) is 21.1. The Kier molecular flexibility index (Phi) is 7.11. The Morgan fingerprint density at radius 2 is 1.89 bits per heavy atom. The number of carbonyl (C=O) groups is 2. The average molecular weight is 376 g/mol. The standard InChI is InChI=1S/C21H33N3O3/c1-14(2)13-24(18-7-9-23(10-8-18)16(4)25)20-6-5-17(12-19(20)22)15(3)11-21(26)27/h5-6,12,14-15,18H,7-11,13,22H2,1-4H3,(H,26,27)/t15-/m1/s1. The lowest BCUT2D eigenvalue weighted by Crippen LogP contribution is -2.47. The van der Waals surface area contributed by atoms with Crippen LogP contribution in [0, 0.1) is 5.92 Å². The summed E-state index contributed by atoms with van der Waals surface area (Å²) < 4.78 is 0. The molecule has 1 aliphatic heterocycles. The summed E-state index contributed by atoms with van der Waals surface area (Å²) in [7, 11) is 0. The summed E-state index contributed by atoms with van der Waals surface area (Å²) in [5, 5.41) is 9.02. The van der Waals surface area contributed by atoms with Crippen molar-refractivity contribution in [1.29, 1.82) is 0 Å². The lowest BCUT2D eigenvalue weighted by atomic mass is 9.95. The van der Waals surface area contributed by atoms with E-state index in [1.165, 1.54) is 0 Å². The normalized spacial score (nSPS) is 16.4. The van der Waals surface area contributed by atoms with E-state index >= 15 is 0 Å². The van der Waals surface area contributed by atoms with Crippen molar-refractivity contribution in [3.05, 3.63) is 23.8 Å². The molecular weight excluding hydrogens is 342 g/mol. The van der Waals surface area contributed by atoms with Gasteiger partial charge in [0.2, 0.25) is 5.91 Å². The molecule has 0 saturated carbocycles. The van der Waals surface area contributed by atoms with Gasteiger partial charge < -0.3 is 20.6 Å². The number of hydrogen-bond donors (Lipinski definition) is 2. The summed E-state index contributed by atoms with van der Waals surface area (Å²) >= 11 is 0. The van der Waals surface area contributed by atoms with Crippen LogP contribution in [0.3, 0.4) is 0 Å². The molecule has 27 heavy (non-hydrogen) atoms. The number of hydrogen-bond acceptors (Lipinski definition) is 4. The highest BCUT2D eigenvalue weighted by molar-refractivity contribution is 5.73. The summed E-state index contributed by atoms with van der Waals surface area (Å²) in [6.45, 7) is 10.4. The van der Waals surface area contributed by atoms with Crippen molar-refractivity contribution in [1.82, 2.24) is 4.90 Å². The zero-order chi connectivity index (χ0) is 20.1. The number of amides is 1. The SMILES string of the molecule is CC(=O)N1CCC(N(CC(C)C)c2ccc([C@H](C)CC(=O)O)cc2N)CC1. The van der Waals surface area contributed by atoms with E-state index in [2.05, 4.69) is 18.7 Å². The number of nitrogens with zero attached hydrogens (tertiary/aromatic N) is 2. The van der Waals surface area contributed by atoms with Crippen LogP contribution in [0.4, 0.5) is 11.4 Å². The second kappa shape index (κ2) is 9.11. The van der Waals surface area contributed by atoms with E-state index in [1.54, 1.807) is 6.92 Å². The number of piperidine rings is 1. The van der Waals surface area contributed by atoms with Gasteiger partial charge in [0.1, 0.15) is 0 Å². The van der Waals surface area contributed by atoms with Crippen LogP contribution in [0.15, 0.2) is 18.2 Å². The minimum Gasteiger partial charge on any atom is -0.481 e. The molecule has 0 aliphatic carbocycles. The first-order chi connectivity index (χ1) is 12.7. The van der Waals surface area contributed by atoms with Gasteiger partial charge in [-0.05, 0) is 42.4 Å². The Morgan fingerprint density at radius 3 is 2.37 bits per heavy atom. The fourth-order valence-electron chi connectivity index (χ4n) is 3.85. The summed E-state index contributed by atoms with van der Waals surface area (Å²) in [4.78, 5) is 26.9. The van der Waals surface area contributed by atoms with Gasteiger partial charge in [-0.2, -0.15) is 0 Å². The first-order valence-electron chi connectivity index (χ1n) is 9.82. The van der Waals surface area contributed by atoms with Crippen LogP contribution in [0.1, 0.15) is 58.4 Å². The van der Waals surface area contributed by atoms with Crippen LogP contribution in [-0.4, -0.2) is 47.6 Å². The molecule has 0 radical (unpaired) electrons. The number of likely N-dealkylation sites (tertiary alicyclic amines) is 1. The van der Waals surface area contributed by atoms with Crippen molar-refractivity contribution < 1.29 is 14.7 Å². The third-order valence-corrected chi connectivity index (χ3v) is 5.32. The van der Waals surface area contributed by atoms with E-state index in [9.17, 15) is 9.59 Å². The van der Waals surface area contributed by atoms with Gasteiger partial charge >= 0.3 is 5.97 Å². The highest BCUT2D eigenvalue weighted by atomic mass is 16.4. The van der Waals surface area contributed by atoms with Crippen LogP contribution in [0.25, 0.3) is 0 Å². The van der Waals surface area contributed by atoms with Crippen molar-refractivity contribution in [2.24, 2.45) is 5.92 Å². The van der Waals surface area contributed by atoms with Gasteiger partial charge in [-0.25, -0.2) is 0 Å². The molecule has 1 aromatic rings. The molecule has 1 fully saturated rings. The van der Waals surface area contributed by atoms with E-state index in [-0.39, 0.29) is 18.2 Å². The van der Waals surface area contributed by atoms with Crippen molar-refractivity contribution >= 4 is 23.3 Å². The van der Waals surface area contributed by atoms with Crippen molar-refractivity contribution in [2.45, 2.75) is 58.9 Å². The van der Waals surface area contributed by atoms with Gasteiger partial charge in [0.15, 0.2) is 0 Å². The zero-order valence-electron chi connectivity index (χ0n) is 16.9. The Hall–Kier alpha value is -2.24. The molecule has 6 nitrogen and oxygen atoms in total. The Bertz CT molecular complexity index is 667. The monoisotopic (exact) mass is 375 g/mol. The second-order valence-corrected chi connectivity index (χ2v) is 8.10. The van der Waals surface area contributed by atoms with E-state index < -0.39 is 5.97 Å². The summed E-state index contributed by atoms with van der Waals surface area (Å²) in [5.74, 6) is -0.249. The van der Waals surface area contributed by atoms with Crippen LogP contribution in [-0.2, 0) is 9.59 Å². The number of nitrogen functional groups attached to an aromatic ring is 1. The lowest BCUT2D eigenvalue weighted by molar-refractivity contribution is -0.137. The van der Waals surface area contributed by atoms with Crippen LogP contribution >= 0.6 is 0 Å².